The number of hydrogen-bond donors (Lipinski definition) is 0. The summed E-state index contributed by atoms with van der Waals surface area (Å²) < 4.78 is 11.0. The lowest BCUT2D eigenvalue weighted by atomic mass is 9.99. The average Bonchev–Trinajstić information content (AvgIpc) is 2.51. The molecular weight excluding hydrogens is 288 g/mol. The first-order chi connectivity index (χ1) is 10.8. The second-order valence-electron chi connectivity index (χ2n) is 6.52. The Morgan fingerprint density at radius 2 is 1.74 bits per heavy atom. The van der Waals surface area contributed by atoms with Crippen molar-refractivity contribution in [3.63, 3.8) is 0 Å². The summed E-state index contributed by atoms with van der Waals surface area (Å²) in [7, 11) is 0. The predicted octanol–water partition coefficient (Wildman–Crippen LogP) is 4.86. The fourth-order valence-corrected chi connectivity index (χ4v) is 2.25. The molecule has 3 heteroatoms. The lowest BCUT2D eigenvalue weighted by Gasteiger charge is -2.22. The molecule has 0 bridgehead atoms. The SMILES string of the molecule is C=C(CC(OCc1ccc(C(C)C)cc1)C(C)C)C(=O)OCC. The van der Waals surface area contributed by atoms with Crippen LogP contribution in [0.1, 0.15) is 58.1 Å². The Morgan fingerprint density at radius 3 is 2.22 bits per heavy atom. The third-order valence-electron chi connectivity index (χ3n) is 3.87. The molecule has 0 fully saturated rings. The molecule has 1 aromatic rings. The molecule has 0 aromatic heterocycles. The molecule has 1 unspecified atom stereocenters. The summed E-state index contributed by atoms with van der Waals surface area (Å²) in [4.78, 5) is 11.7. The highest BCUT2D eigenvalue weighted by atomic mass is 16.5. The highest BCUT2D eigenvalue weighted by Gasteiger charge is 2.19. The van der Waals surface area contributed by atoms with Crippen LogP contribution >= 0.6 is 0 Å². The van der Waals surface area contributed by atoms with E-state index in [1.54, 1.807) is 6.92 Å². The van der Waals surface area contributed by atoms with Crippen LogP contribution in [0.2, 0.25) is 0 Å². The number of hydrogen-bond acceptors (Lipinski definition) is 3. The number of carbonyl (C=O) groups is 1. The summed E-state index contributed by atoms with van der Waals surface area (Å²) in [5.41, 5.74) is 2.94. The van der Waals surface area contributed by atoms with Gasteiger partial charge in [-0.1, -0.05) is 58.5 Å². The minimum absolute atomic E-state index is 0.0447. The van der Waals surface area contributed by atoms with Crippen molar-refractivity contribution in [2.24, 2.45) is 5.92 Å². The summed E-state index contributed by atoms with van der Waals surface area (Å²) in [6.07, 6.45) is 0.456. The minimum atomic E-state index is -0.331. The van der Waals surface area contributed by atoms with Crippen molar-refractivity contribution in [3.8, 4) is 0 Å². The Labute approximate surface area is 140 Å². The third kappa shape index (κ3) is 6.57. The van der Waals surface area contributed by atoms with E-state index in [0.29, 0.717) is 37.0 Å². The number of carbonyl (C=O) groups excluding carboxylic acids is 1. The van der Waals surface area contributed by atoms with E-state index in [1.165, 1.54) is 5.56 Å². The third-order valence-corrected chi connectivity index (χ3v) is 3.87. The molecule has 0 saturated heterocycles. The van der Waals surface area contributed by atoms with Crippen LogP contribution in [0.5, 0.6) is 0 Å². The quantitative estimate of drug-likeness (QED) is 0.482. The molecule has 1 atom stereocenters. The maximum Gasteiger partial charge on any atom is 0.333 e. The van der Waals surface area contributed by atoms with Gasteiger partial charge in [-0.2, -0.15) is 0 Å². The molecule has 1 rings (SSSR count). The predicted molar refractivity (Wildman–Crippen MR) is 94.3 cm³/mol. The fourth-order valence-electron chi connectivity index (χ4n) is 2.25. The van der Waals surface area contributed by atoms with Crippen LogP contribution in [-0.2, 0) is 20.9 Å². The van der Waals surface area contributed by atoms with E-state index in [-0.39, 0.29) is 12.1 Å². The molecule has 23 heavy (non-hydrogen) atoms. The van der Waals surface area contributed by atoms with Crippen molar-refractivity contribution in [1.82, 2.24) is 0 Å². The lowest BCUT2D eigenvalue weighted by Crippen LogP contribution is -2.23. The molecule has 0 aliphatic heterocycles. The summed E-state index contributed by atoms with van der Waals surface area (Å²) in [5, 5.41) is 0. The first-order valence-corrected chi connectivity index (χ1v) is 8.40. The van der Waals surface area contributed by atoms with Gasteiger partial charge in [-0.25, -0.2) is 4.79 Å². The van der Waals surface area contributed by atoms with Gasteiger partial charge in [-0.05, 0) is 29.9 Å². The van der Waals surface area contributed by atoms with E-state index in [4.69, 9.17) is 9.47 Å². The highest BCUT2D eigenvalue weighted by Crippen LogP contribution is 2.20. The lowest BCUT2D eigenvalue weighted by molar-refractivity contribution is -0.139. The van der Waals surface area contributed by atoms with Gasteiger partial charge in [-0.3, -0.25) is 0 Å². The van der Waals surface area contributed by atoms with Gasteiger partial charge in [0.25, 0.3) is 0 Å². The molecule has 0 radical (unpaired) electrons. The van der Waals surface area contributed by atoms with Crippen molar-refractivity contribution in [2.45, 2.75) is 59.7 Å². The fraction of sp³-hybridized carbons (Fsp3) is 0.550. The van der Waals surface area contributed by atoms with Crippen LogP contribution in [0.4, 0.5) is 0 Å². The monoisotopic (exact) mass is 318 g/mol. The second-order valence-corrected chi connectivity index (χ2v) is 6.52. The highest BCUT2D eigenvalue weighted by molar-refractivity contribution is 5.87. The van der Waals surface area contributed by atoms with Gasteiger partial charge in [0.05, 0.1) is 19.3 Å². The normalized spacial score (nSPS) is 12.5. The van der Waals surface area contributed by atoms with Gasteiger partial charge in [0.2, 0.25) is 0 Å². The molecule has 128 valence electrons. The smallest absolute Gasteiger partial charge is 0.333 e. The molecule has 0 heterocycles. The van der Waals surface area contributed by atoms with Crippen molar-refractivity contribution in [2.75, 3.05) is 6.61 Å². The molecule has 0 saturated carbocycles. The van der Waals surface area contributed by atoms with E-state index >= 15 is 0 Å². The van der Waals surface area contributed by atoms with Crippen LogP contribution < -0.4 is 0 Å². The zero-order chi connectivity index (χ0) is 17.4. The molecular formula is C20H30O3. The zero-order valence-electron chi connectivity index (χ0n) is 15.1. The van der Waals surface area contributed by atoms with Gasteiger partial charge < -0.3 is 9.47 Å². The van der Waals surface area contributed by atoms with Gasteiger partial charge in [0.1, 0.15) is 0 Å². The van der Waals surface area contributed by atoms with Gasteiger partial charge in [-0.15, -0.1) is 0 Å². The first kappa shape index (κ1) is 19.4. The van der Waals surface area contributed by atoms with E-state index in [0.717, 1.165) is 5.56 Å². The van der Waals surface area contributed by atoms with Crippen LogP contribution in [0.3, 0.4) is 0 Å². The first-order valence-electron chi connectivity index (χ1n) is 8.40. The summed E-state index contributed by atoms with van der Waals surface area (Å²) in [6, 6.07) is 8.50. The zero-order valence-corrected chi connectivity index (χ0v) is 15.1. The molecule has 0 N–H and O–H groups in total. The van der Waals surface area contributed by atoms with E-state index in [9.17, 15) is 4.79 Å². The van der Waals surface area contributed by atoms with Gasteiger partial charge in [0, 0.05) is 12.0 Å². The second kappa shape index (κ2) is 9.51. The van der Waals surface area contributed by atoms with Crippen LogP contribution in [0.15, 0.2) is 36.4 Å². The Kier molecular flexibility index (Phi) is 8.04. The summed E-state index contributed by atoms with van der Waals surface area (Å²) in [5.74, 6) is 0.500. The van der Waals surface area contributed by atoms with Crippen LogP contribution in [0.25, 0.3) is 0 Å². The Hall–Kier alpha value is -1.61. The molecule has 3 nitrogen and oxygen atoms in total. The molecule has 0 spiro atoms. The molecule has 0 amide bonds. The van der Waals surface area contributed by atoms with Gasteiger partial charge >= 0.3 is 5.97 Å². The average molecular weight is 318 g/mol. The number of ether oxygens (including phenoxy) is 2. The minimum Gasteiger partial charge on any atom is -0.463 e. The Bertz CT molecular complexity index is 500. The summed E-state index contributed by atoms with van der Waals surface area (Å²) >= 11 is 0. The van der Waals surface area contributed by atoms with E-state index in [2.05, 4.69) is 58.5 Å². The Morgan fingerprint density at radius 1 is 1.13 bits per heavy atom. The van der Waals surface area contributed by atoms with Crippen LogP contribution in [-0.4, -0.2) is 18.7 Å². The Balaban J connectivity index is 2.59. The number of rotatable bonds is 9. The molecule has 1 aromatic carbocycles. The standard InChI is InChI=1S/C20H30O3/c1-7-22-20(21)16(6)12-19(15(4)5)23-13-17-8-10-18(11-9-17)14(2)3/h8-11,14-15,19H,6-7,12-13H2,1-5H3. The largest absolute Gasteiger partial charge is 0.463 e. The number of esters is 1. The van der Waals surface area contributed by atoms with E-state index < -0.39 is 0 Å². The molecule has 0 aliphatic carbocycles. The van der Waals surface area contributed by atoms with Gasteiger partial charge in [0.15, 0.2) is 0 Å². The number of benzene rings is 1. The van der Waals surface area contributed by atoms with Crippen LogP contribution in [0, 0.1) is 5.92 Å². The van der Waals surface area contributed by atoms with Crippen molar-refractivity contribution in [3.05, 3.63) is 47.5 Å². The van der Waals surface area contributed by atoms with Crippen molar-refractivity contribution in [1.29, 1.82) is 0 Å². The maximum atomic E-state index is 11.7. The van der Waals surface area contributed by atoms with Crippen molar-refractivity contribution < 1.29 is 14.3 Å². The van der Waals surface area contributed by atoms with Crippen molar-refractivity contribution >= 4 is 5.97 Å². The molecule has 0 aliphatic rings. The topological polar surface area (TPSA) is 35.5 Å². The summed E-state index contributed by atoms with van der Waals surface area (Å²) in [6.45, 7) is 15.1. The maximum absolute atomic E-state index is 11.7. The van der Waals surface area contributed by atoms with E-state index in [1.807, 2.05) is 0 Å².